The topological polar surface area (TPSA) is 60.8 Å². The molecule has 0 saturated carbocycles. The third kappa shape index (κ3) is 33.3. The zero-order valence-corrected chi connectivity index (χ0v) is 31.9. The molecule has 0 spiro atoms. The highest BCUT2D eigenvalue weighted by Crippen LogP contribution is 2.19. The number of unbranched alkanes of at least 4 members (excludes halogenated alkanes) is 28. The van der Waals surface area contributed by atoms with Crippen molar-refractivity contribution in [2.24, 2.45) is 5.92 Å². The second kappa shape index (κ2) is 37.2. The molecule has 0 aromatic heterocycles. The quantitative estimate of drug-likeness (QED) is 0.0653. The standard InChI is InChI=1S/C42H85NO3/c1-4-6-8-10-12-14-16-17-18-19-20-21-22-23-24-25-27-29-31-33-37-43(38-41(45)39-44)42(46)36-35-40(3)34-32-30-28-26-15-13-11-9-7-5-2/h40-41,44-45H,4-39H2,1-3H3. The van der Waals surface area contributed by atoms with Gasteiger partial charge < -0.3 is 15.1 Å². The van der Waals surface area contributed by atoms with Crippen LogP contribution >= 0.6 is 0 Å². The molecule has 0 radical (unpaired) electrons. The predicted octanol–water partition coefficient (Wildman–Crippen LogP) is 12.7. The Kier molecular flexibility index (Phi) is 36.7. The van der Waals surface area contributed by atoms with Gasteiger partial charge in [0.1, 0.15) is 0 Å². The molecule has 0 aliphatic carbocycles. The normalized spacial score (nSPS) is 12.9. The van der Waals surface area contributed by atoms with E-state index in [2.05, 4.69) is 20.8 Å². The van der Waals surface area contributed by atoms with Gasteiger partial charge in [-0.25, -0.2) is 0 Å². The van der Waals surface area contributed by atoms with Crippen molar-refractivity contribution in [3.63, 3.8) is 0 Å². The van der Waals surface area contributed by atoms with Crippen molar-refractivity contribution in [3.8, 4) is 0 Å². The van der Waals surface area contributed by atoms with Crippen LogP contribution in [0.15, 0.2) is 0 Å². The summed E-state index contributed by atoms with van der Waals surface area (Å²) in [5.41, 5.74) is 0. The lowest BCUT2D eigenvalue weighted by Gasteiger charge is -2.25. The zero-order valence-electron chi connectivity index (χ0n) is 31.9. The van der Waals surface area contributed by atoms with Crippen molar-refractivity contribution >= 4 is 5.91 Å². The molecule has 0 aromatic carbocycles. The third-order valence-electron chi connectivity index (χ3n) is 10.2. The van der Waals surface area contributed by atoms with Crippen molar-refractivity contribution in [1.29, 1.82) is 0 Å². The van der Waals surface area contributed by atoms with Crippen LogP contribution in [-0.4, -0.2) is 46.8 Å². The van der Waals surface area contributed by atoms with Gasteiger partial charge in [0.25, 0.3) is 0 Å². The molecular weight excluding hydrogens is 566 g/mol. The van der Waals surface area contributed by atoms with E-state index in [-0.39, 0.29) is 19.1 Å². The Hall–Kier alpha value is -0.610. The molecular formula is C42H85NO3. The predicted molar refractivity (Wildman–Crippen MR) is 203 cm³/mol. The number of carbonyl (C=O) groups excluding carboxylic acids is 1. The third-order valence-corrected chi connectivity index (χ3v) is 10.2. The number of rotatable bonds is 38. The van der Waals surface area contributed by atoms with Crippen LogP contribution in [0.4, 0.5) is 0 Å². The second-order valence-electron chi connectivity index (χ2n) is 15.0. The summed E-state index contributed by atoms with van der Waals surface area (Å²) in [6, 6.07) is 0. The summed E-state index contributed by atoms with van der Waals surface area (Å²) in [5.74, 6) is 0.725. The summed E-state index contributed by atoms with van der Waals surface area (Å²) in [5, 5.41) is 19.4. The first-order chi connectivity index (χ1) is 22.5. The Morgan fingerprint density at radius 2 is 0.826 bits per heavy atom. The monoisotopic (exact) mass is 652 g/mol. The summed E-state index contributed by atoms with van der Waals surface area (Å²) >= 11 is 0. The molecule has 0 fully saturated rings. The Morgan fingerprint density at radius 3 is 1.17 bits per heavy atom. The van der Waals surface area contributed by atoms with Crippen LogP contribution < -0.4 is 0 Å². The lowest BCUT2D eigenvalue weighted by Crippen LogP contribution is -2.39. The van der Waals surface area contributed by atoms with Crippen LogP contribution in [0.3, 0.4) is 0 Å². The van der Waals surface area contributed by atoms with E-state index in [4.69, 9.17) is 0 Å². The molecule has 0 aromatic rings. The van der Waals surface area contributed by atoms with Gasteiger partial charge in [-0.3, -0.25) is 4.79 Å². The first-order valence-electron chi connectivity index (χ1n) is 21.1. The number of aliphatic hydroxyl groups excluding tert-OH is 2. The fourth-order valence-electron chi connectivity index (χ4n) is 6.84. The molecule has 0 aliphatic heterocycles. The number of carbonyl (C=O) groups is 1. The molecule has 4 nitrogen and oxygen atoms in total. The molecule has 0 saturated heterocycles. The maximum absolute atomic E-state index is 13.0. The van der Waals surface area contributed by atoms with Crippen molar-refractivity contribution in [2.75, 3.05) is 19.7 Å². The Bertz CT molecular complexity index is 597. The summed E-state index contributed by atoms with van der Waals surface area (Å²) in [4.78, 5) is 14.8. The van der Waals surface area contributed by atoms with Gasteiger partial charge in [0.15, 0.2) is 0 Å². The average molecular weight is 652 g/mol. The molecule has 276 valence electrons. The number of amides is 1. The van der Waals surface area contributed by atoms with E-state index in [1.165, 1.54) is 186 Å². The van der Waals surface area contributed by atoms with E-state index < -0.39 is 6.10 Å². The van der Waals surface area contributed by atoms with Gasteiger partial charge in [-0.1, -0.05) is 213 Å². The minimum absolute atomic E-state index is 0.153. The minimum atomic E-state index is -0.835. The summed E-state index contributed by atoms with van der Waals surface area (Å²) in [7, 11) is 0. The van der Waals surface area contributed by atoms with Gasteiger partial charge in [0.2, 0.25) is 5.91 Å². The van der Waals surface area contributed by atoms with Gasteiger partial charge >= 0.3 is 0 Å². The second-order valence-corrected chi connectivity index (χ2v) is 15.0. The molecule has 0 heterocycles. The average Bonchev–Trinajstić information content (AvgIpc) is 3.06. The van der Waals surface area contributed by atoms with Gasteiger partial charge in [-0.2, -0.15) is 0 Å². The van der Waals surface area contributed by atoms with Crippen molar-refractivity contribution in [2.45, 2.75) is 239 Å². The molecule has 0 rings (SSSR count). The molecule has 0 bridgehead atoms. The lowest BCUT2D eigenvalue weighted by molar-refractivity contribution is -0.133. The van der Waals surface area contributed by atoms with E-state index in [9.17, 15) is 15.0 Å². The van der Waals surface area contributed by atoms with E-state index in [0.717, 1.165) is 19.3 Å². The minimum Gasteiger partial charge on any atom is -0.394 e. The first-order valence-corrected chi connectivity index (χ1v) is 21.1. The maximum Gasteiger partial charge on any atom is 0.222 e. The number of aliphatic hydroxyl groups is 2. The Labute approximate surface area is 289 Å². The molecule has 2 unspecified atom stereocenters. The lowest BCUT2D eigenvalue weighted by atomic mass is 9.97. The summed E-state index contributed by atoms with van der Waals surface area (Å²) < 4.78 is 0. The van der Waals surface area contributed by atoms with Crippen LogP contribution in [0.25, 0.3) is 0 Å². The molecule has 2 N–H and O–H groups in total. The highest BCUT2D eigenvalue weighted by molar-refractivity contribution is 5.76. The number of hydrogen-bond donors (Lipinski definition) is 2. The van der Waals surface area contributed by atoms with Crippen LogP contribution in [0.1, 0.15) is 233 Å². The fraction of sp³-hybridized carbons (Fsp3) is 0.976. The van der Waals surface area contributed by atoms with Crippen LogP contribution in [-0.2, 0) is 4.79 Å². The van der Waals surface area contributed by atoms with Gasteiger partial charge in [0, 0.05) is 19.5 Å². The van der Waals surface area contributed by atoms with Gasteiger partial charge in [-0.15, -0.1) is 0 Å². The smallest absolute Gasteiger partial charge is 0.222 e. The van der Waals surface area contributed by atoms with E-state index in [1.54, 1.807) is 0 Å². The molecule has 0 aliphatic rings. The summed E-state index contributed by atoms with van der Waals surface area (Å²) in [6.45, 7) is 7.55. The SMILES string of the molecule is CCCCCCCCCCCCCCCCCCCCCCN(CC(O)CO)C(=O)CCC(C)CCCCCCCCCCCC. The van der Waals surface area contributed by atoms with Crippen LogP contribution in [0.5, 0.6) is 0 Å². The fourth-order valence-corrected chi connectivity index (χ4v) is 6.84. The molecule has 46 heavy (non-hydrogen) atoms. The highest BCUT2D eigenvalue weighted by Gasteiger charge is 2.18. The van der Waals surface area contributed by atoms with Gasteiger partial charge in [-0.05, 0) is 18.8 Å². The van der Waals surface area contributed by atoms with Crippen LogP contribution in [0, 0.1) is 5.92 Å². The molecule has 1 amide bonds. The van der Waals surface area contributed by atoms with E-state index in [0.29, 0.717) is 18.9 Å². The Morgan fingerprint density at radius 1 is 0.500 bits per heavy atom. The van der Waals surface area contributed by atoms with Gasteiger partial charge in [0.05, 0.1) is 12.7 Å². The van der Waals surface area contributed by atoms with Crippen molar-refractivity contribution in [1.82, 2.24) is 4.90 Å². The van der Waals surface area contributed by atoms with E-state index in [1.807, 2.05) is 4.90 Å². The van der Waals surface area contributed by atoms with Crippen LogP contribution in [0.2, 0.25) is 0 Å². The maximum atomic E-state index is 13.0. The summed E-state index contributed by atoms with van der Waals surface area (Å²) in [6.07, 6.45) is 42.8. The number of nitrogens with zero attached hydrogens (tertiary/aromatic N) is 1. The number of hydrogen-bond acceptors (Lipinski definition) is 3. The zero-order chi connectivity index (χ0) is 33.8. The van der Waals surface area contributed by atoms with Crippen molar-refractivity contribution in [3.05, 3.63) is 0 Å². The molecule has 4 heteroatoms. The first kappa shape index (κ1) is 45.4. The Balaban J connectivity index is 3.76. The van der Waals surface area contributed by atoms with Crippen molar-refractivity contribution < 1.29 is 15.0 Å². The largest absolute Gasteiger partial charge is 0.394 e. The highest BCUT2D eigenvalue weighted by atomic mass is 16.3. The molecule has 2 atom stereocenters. The van der Waals surface area contributed by atoms with E-state index >= 15 is 0 Å².